The number of carbonyl (C=O) groups is 1. The van der Waals surface area contributed by atoms with Crippen LogP contribution in [0.15, 0.2) is 36.7 Å². The molecule has 2 rings (SSSR count). The van der Waals surface area contributed by atoms with E-state index in [1.807, 2.05) is 0 Å². The van der Waals surface area contributed by atoms with E-state index < -0.39 is 11.5 Å². The number of halogens is 2. The number of nitrogens with two attached hydrogens (primary N) is 2. The molecular formula is C12H16Cl2N4O2. The Morgan fingerprint density at radius 3 is 2.25 bits per heavy atom. The highest BCUT2D eigenvalue weighted by Crippen LogP contribution is 2.24. The molecule has 0 aliphatic heterocycles. The third-order valence-electron chi connectivity index (χ3n) is 2.90. The molecule has 20 heavy (non-hydrogen) atoms. The van der Waals surface area contributed by atoms with Crippen LogP contribution in [0, 0.1) is 0 Å². The molecule has 1 aromatic carbocycles. The van der Waals surface area contributed by atoms with Crippen LogP contribution >= 0.6 is 24.8 Å². The van der Waals surface area contributed by atoms with E-state index in [1.54, 1.807) is 36.7 Å². The van der Waals surface area contributed by atoms with Gasteiger partial charge in [0.2, 0.25) is 0 Å². The van der Waals surface area contributed by atoms with Crippen molar-refractivity contribution >= 4 is 30.7 Å². The Bertz CT molecular complexity index is 545. The lowest BCUT2D eigenvalue weighted by atomic mass is 9.92. The zero-order valence-electron chi connectivity index (χ0n) is 10.4. The third-order valence-corrected chi connectivity index (χ3v) is 2.90. The molecule has 6 N–H and O–H groups in total. The lowest BCUT2D eigenvalue weighted by molar-refractivity contribution is -0.136. The maximum absolute atomic E-state index is 11.2. The maximum atomic E-state index is 11.2. The first-order valence-corrected chi connectivity index (χ1v) is 5.40. The summed E-state index contributed by atoms with van der Waals surface area (Å²) in [6, 6.07) is 6.79. The first kappa shape index (κ1) is 18.4. The highest BCUT2D eigenvalue weighted by Gasteiger charge is 2.34. The van der Waals surface area contributed by atoms with Gasteiger partial charge in [-0.05, 0) is 11.1 Å². The second-order valence-electron chi connectivity index (χ2n) is 3.99. The van der Waals surface area contributed by atoms with Crippen molar-refractivity contribution in [1.82, 2.24) is 10.2 Å². The van der Waals surface area contributed by atoms with Crippen LogP contribution in [0.2, 0.25) is 0 Å². The number of hydrogen-bond acceptors (Lipinski definition) is 4. The molecule has 0 aliphatic carbocycles. The number of hydrogen-bond donors (Lipinski definition) is 4. The lowest BCUT2D eigenvalue weighted by Crippen LogP contribution is -2.47. The van der Waals surface area contributed by atoms with Gasteiger partial charge in [0.05, 0.1) is 6.20 Å². The van der Waals surface area contributed by atoms with Crippen LogP contribution in [0.25, 0.3) is 11.1 Å². The van der Waals surface area contributed by atoms with E-state index in [9.17, 15) is 9.90 Å². The topological polar surface area (TPSA) is 118 Å². The molecule has 1 atom stereocenters. The zero-order chi connectivity index (χ0) is 13.2. The quantitative estimate of drug-likeness (QED) is 0.658. The van der Waals surface area contributed by atoms with Crippen LogP contribution in [0.5, 0.6) is 0 Å². The summed E-state index contributed by atoms with van der Waals surface area (Å²) in [4.78, 5) is 11.2. The summed E-state index contributed by atoms with van der Waals surface area (Å²) in [5.41, 5.74) is 11.0. The molecule has 0 saturated heterocycles. The number of carbonyl (C=O) groups excluding carboxylic acids is 1. The molecule has 110 valence electrons. The van der Waals surface area contributed by atoms with E-state index >= 15 is 0 Å². The first-order valence-electron chi connectivity index (χ1n) is 5.40. The fourth-order valence-electron chi connectivity index (χ4n) is 1.71. The standard InChI is InChI=1S/C12H14N4O2.2ClH/c13-7-12(18,11(14)17)10-3-1-8(2-4-10)9-5-15-16-6-9;;/h1-6,18H,7,13H2,(H2,14,17)(H,15,16);2*1H. The number of rotatable bonds is 4. The van der Waals surface area contributed by atoms with Crippen molar-refractivity contribution in [2.45, 2.75) is 5.60 Å². The molecule has 0 fully saturated rings. The van der Waals surface area contributed by atoms with Gasteiger partial charge in [-0.3, -0.25) is 9.89 Å². The number of aromatic nitrogens is 2. The number of benzene rings is 1. The molecule has 0 radical (unpaired) electrons. The van der Waals surface area contributed by atoms with Crippen LogP contribution in [0.1, 0.15) is 5.56 Å². The van der Waals surface area contributed by atoms with Crippen LogP contribution < -0.4 is 11.5 Å². The summed E-state index contributed by atoms with van der Waals surface area (Å²) >= 11 is 0. The fraction of sp³-hybridized carbons (Fsp3) is 0.167. The van der Waals surface area contributed by atoms with Crippen molar-refractivity contribution < 1.29 is 9.90 Å². The van der Waals surface area contributed by atoms with E-state index in [-0.39, 0.29) is 31.4 Å². The van der Waals surface area contributed by atoms with Gasteiger partial charge >= 0.3 is 0 Å². The average Bonchev–Trinajstić information content (AvgIpc) is 2.91. The van der Waals surface area contributed by atoms with Crippen LogP contribution in [0.3, 0.4) is 0 Å². The summed E-state index contributed by atoms with van der Waals surface area (Å²) in [7, 11) is 0. The van der Waals surface area contributed by atoms with Crippen molar-refractivity contribution in [1.29, 1.82) is 0 Å². The SMILES string of the molecule is Cl.Cl.NCC(O)(C(N)=O)c1ccc(-c2cn[nH]c2)cc1. The Balaban J connectivity index is 0.00000180. The fourth-order valence-corrected chi connectivity index (χ4v) is 1.71. The summed E-state index contributed by atoms with van der Waals surface area (Å²) < 4.78 is 0. The number of primary amides is 1. The van der Waals surface area contributed by atoms with Gasteiger partial charge in [-0.25, -0.2) is 0 Å². The van der Waals surface area contributed by atoms with Crippen LogP contribution in [-0.4, -0.2) is 27.8 Å². The van der Waals surface area contributed by atoms with Crippen LogP contribution in [-0.2, 0) is 10.4 Å². The average molecular weight is 319 g/mol. The highest BCUT2D eigenvalue weighted by molar-refractivity contribution is 5.86. The first-order chi connectivity index (χ1) is 8.58. The minimum atomic E-state index is -1.82. The molecule has 0 aliphatic rings. The van der Waals surface area contributed by atoms with E-state index in [2.05, 4.69) is 10.2 Å². The predicted octanol–water partition coefficient (Wildman–Crippen LogP) is 0.552. The molecule has 0 spiro atoms. The summed E-state index contributed by atoms with van der Waals surface area (Å²) in [5.74, 6) is -0.860. The largest absolute Gasteiger partial charge is 0.374 e. The van der Waals surface area contributed by atoms with Crippen molar-refractivity contribution in [3.63, 3.8) is 0 Å². The normalized spacial score (nSPS) is 12.7. The molecule has 1 aromatic heterocycles. The zero-order valence-corrected chi connectivity index (χ0v) is 12.1. The lowest BCUT2D eigenvalue weighted by Gasteiger charge is -2.23. The Hall–Kier alpha value is -1.60. The van der Waals surface area contributed by atoms with Gasteiger partial charge in [0.25, 0.3) is 5.91 Å². The summed E-state index contributed by atoms with van der Waals surface area (Å²) in [5, 5.41) is 16.6. The van der Waals surface area contributed by atoms with E-state index in [4.69, 9.17) is 11.5 Å². The van der Waals surface area contributed by atoms with E-state index in [0.717, 1.165) is 11.1 Å². The Morgan fingerprint density at radius 2 is 1.85 bits per heavy atom. The van der Waals surface area contributed by atoms with Crippen molar-refractivity contribution in [3.8, 4) is 11.1 Å². The molecule has 1 heterocycles. The Morgan fingerprint density at radius 1 is 1.25 bits per heavy atom. The molecular weight excluding hydrogens is 303 g/mol. The molecule has 0 bridgehead atoms. The Labute approximate surface area is 128 Å². The molecule has 1 amide bonds. The summed E-state index contributed by atoms with van der Waals surface area (Å²) in [6.07, 6.45) is 3.43. The van der Waals surface area contributed by atoms with Crippen LogP contribution in [0.4, 0.5) is 0 Å². The second kappa shape index (κ2) is 7.25. The predicted molar refractivity (Wildman–Crippen MR) is 80.7 cm³/mol. The van der Waals surface area contributed by atoms with Gasteiger partial charge in [0.15, 0.2) is 5.60 Å². The number of aliphatic hydroxyl groups is 1. The van der Waals surface area contributed by atoms with Gasteiger partial charge in [0, 0.05) is 18.3 Å². The van der Waals surface area contributed by atoms with Gasteiger partial charge in [-0.2, -0.15) is 5.10 Å². The molecule has 6 nitrogen and oxygen atoms in total. The van der Waals surface area contributed by atoms with Gasteiger partial charge in [0.1, 0.15) is 0 Å². The smallest absolute Gasteiger partial charge is 0.255 e. The van der Waals surface area contributed by atoms with E-state index in [0.29, 0.717) is 5.56 Å². The number of nitrogens with one attached hydrogen (secondary N) is 1. The van der Waals surface area contributed by atoms with Crippen molar-refractivity contribution in [3.05, 3.63) is 42.2 Å². The minimum Gasteiger partial charge on any atom is -0.374 e. The Kier molecular flexibility index (Phi) is 6.67. The number of aromatic amines is 1. The van der Waals surface area contributed by atoms with Crippen molar-refractivity contribution in [2.75, 3.05) is 6.54 Å². The third kappa shape index (κ3) is 3.29. The number of amides is 1. The minimum absolute atomic E-state index is 0. The van der Waals surface area contributed by atoms with Gasteiger partial charge in [-0.1, -0.05) is 24.3 Å². The second-order valence-corrected chi connectivity index (χ2v) is 3.99. The molecule has 2 aromatic rings. The number of H-pyrrole nitrogens is 1. The number of nitrogens with zero attached hydrogens (tertiary/aromatic N) is 1. The van der Waals surface area contributed by atoms with Crippen molar-refractivity contribution in [2.24, 2.45) is 11.5 Å². The van der Waals surface area contributed by atoms with Gasteiger partial charge in [-0.15, -0.1) is 24.8 Å². The maximum Gasteiger partial charge on any atom is 0.255 e. The molecule has 1 unspecified atom stereocenters. The van der Waals surface area contributed by atoms with Gasteiger partial charge < -0.3 is 16.6 Å². The molecule has 8 heteroatoms. The molecule has 0 saturated carbocycles. The monoisotopic (exact) mass is 318 g/mol. The van der Waals surface area contributed by atoms with E-state index in [1.165, 1.54) is 0 Å². The summed E-state index contributed by atoms with van der Waals surface area (Å²) in [6.45, 7) is -0.257. The highest BCUT2D eigenvalue weighted by atomic mass is 35.5.